The van der Waals surface area contributed by atoms with Gasteiger partial charge in [0.05, 0.1) is 16.8 Å². The highest BCUT2D eigenvalue weighted by Gasteiger charge is 2.28. The lowest BCUT2D eigenvalue weighted by atomic mass is 10.2. The topological polar surface area (TPSA) is 78.8 Å². The third-order valence-corrected chi connectivity index (χ3v) is 6.86. The highest BCUT2D eigenvalue weighted by molar-refractivity contribution is 7.92. The molecule has 0 aliphatic carbocycles. The SMILES string of the molecule is Cc1ccc(S(=O)(=O)N(CC(=O)N/N=C\c2ccc(Cl)cc2)c2ccc(Cl)cc2C)cc1. The van der Waals surface area contributed by atoms with Crippen LogP contribution in [0.15, 0.2) is 76.7 Å². The van der Waals surface area contributed by atoms with Crippen molar-refractivity contribution in [1.82, 2.24) is 5.43 Å². The normalized spacial score (nSPS) is 11.5. The van der Waals surface area contributed by atoms with Crippen LogP contribution in [-0.2, 0) is 14.8 Å². The first kappa shape index (κ1) is 23.8. The Morgan fingerprint density at radius 2 is 1.59 bits per heavy atom. The van der Waals surface area contributed by atoms with E-state index in [-0.39, 0.29) is 4.90 Å². The molecule has 0 saturated heterocycles. The fourth-order valence-corrected chi connectivity index (χ4v) is 4.77. The maximum Gasteiger partial charge on any atom is 0.264 e. The van der Waals surface area contributed by atoms with Crippen molar-refractivity contribution in [2.24, 2.45) is 5.10 Å². The van der Waals surface area contributed by atoms with E-state index in [9.17, 15) is 13.2 Å². The molecule has 0 atom stereocenters. The molecule has 3 aromatic rings. The second kappa shape index (κ2) is 10.2. The number of nitrogens with zero attached hydrogens (tertiary/aromatic N) is 2. The first-order valence-electron chi connectivity index (χ1n) is 9.60. The van der Waals surface area contributed by atoms with Crippen LogP contribution >= 0.6 is 23.2 Å². The van der Waals surface area contributed by atoms with E-state index in [0.29, 0.717) is 21.3 Å². The summed E-state index contributed by atoms with van der Waals surface area (Å²) in [6.07, 6.45) is 1.45. The van der Waals surface area contributed by atoms with Gasteiger partial charge >= 0.3 is 0 Å². The molecule has 0 spiro atoms. The van der Waals surface area contributed by atoms with E-state index in [4.69, 9.17) is 23.2 Å². The third-order valence-electron chi connectivity index (χ3n) is 4.60. The van der Waals surface area contributed by atoms with E-state index in [1.807, 2.05) is 6.92 Å². The maximum atomic E-state index is 13.4. The number of benzene rings is 3. The standard InChI is InChI=1S/C23H21Cl2N3O3S/c1-16-3-10-21(11-4-16)32(30,31)28(22-12-9-20(25)13-17(22)2)15-23(29)27-26-14-18-5-7-19(24)8-6-18/h3-14H,15H2,1-2H3,(H,27,29)/b26-14-. The molecule has 1 amide bonds. The van der Waals surface area contributed by atoms with Gasteiger partial charge in [-0.1, -0.05) is 53.0 Å². The number of nitrogens with one attached hydrogen (secondary N) is 1. The molecular weight excluding hydrogens is 469 g/mol. The highest BCUT2D eigenvalue weighted by atomic mass is 35.5. The summed E-state index contributed by atoms with van der Waals surface area (Å²) in [6.45, 7) is 3.13. The molecule has 3 aromatic carbocycles. The quantitative estimate of drug-likeness (QED) is 0.376. The molecule has 0 aromatic heterocycles. The first-order chi connectivity index (χ1) is 15.2. The molecule has 0 bridgehead atoms. The molecule has 0 aliphatic rings. The predicted molar refractivity (Wildman–Crippen MR) is 129 cm³/mol. The van der Waals surface area contributed by atoms with Crippen LogP contribution in [0.3, 0.4) is 0 Å². The molecule has 32 heavy (non-hydrogen) atoms. The van der Waals surface area contributed by atoms with Crippen LogP contribution in [0.25, 0.3) is 0 Å². The lowest BCUT2D eigenvalue weighted by Gasteiger charge is -2.25. The number of amides is 1. The first-order valence-corrected chi connectivity index (χ1v) is 11.8. The van der Waals surface area contributed by atoms with Crippen LogP contribution in [0.1, 0.15) is 16.7 Å². The number of aryl methyl sites for hydroxylation is 2. The molecule has 166 valence electrons. The lowest BCUT2D eigenvalue weighted by Crippen LogP contribution is -2.40. The number of sulfonamides is 1. The molecule has 0 unspecified atom stereocenters. The van der Waals surface area contributed by atoms with Gasteiger partial charge in [-0.3, -0.25) is 9.10 Å². The van der Waals surface area contributed by atoms with Crippen LogP contribution in [0, 0.1) is 13.8 Å². The number of hydrazone groups is 1. The Morgan fingerprint density at radius 3 is 2.22 bits per heavy atom. The zero-order valence-corrected chi connectivity index (χ0v) is 19.7. The summed E-state index contributed by atoms with van der Waals surface area (Å²) < 4.78 is 27.9. The predicted octanol–water partition coefficient (Wildman–Crippen LogP) is 4.96. The van der Waals surface area contributed by atoms with Gasteiger partial charge in [-0.15, -0.1) is 0 Å². The summed E-state index contributed by atoms with van der Waals surface area (Å²) in [5.74, 6) is -0.597. The third kappa shape index (κ3) is 5.88. The molecule has 6 nitrogen and oxygen atoms in total. The minimum Gasteiger partial charge on any atom is -0.271 e. The Bertz CT molecular complexity index is 1240. The van der Waals surface area contributed by atoms with Gasteiger partial charge in [-0.25, -0.2) is 13.8 Å². The fourth-order valence-electron chi connectivity index (χ4n) is 2.93. The van der Waals surface area contributed by atoms with Crippen molar-refractivity contribution in [3.8, 4) is 0 Å². The van der Waals surface area contributed by atoms with Crippen molar-refractivity contribution in [2.75, 3.05) is 10.8 Å². The Balaban J connectivity index is 1.87. The molecule has 1 N–H and O–H groups in total. The molecule has 0 saturated carbocycles. The molecule has 0 fully saturated rings. The number of hydrogen-bond donors (Lipinski definition) is 1. The number of rotatable bonds is 7. The highest BCUT2D eigenvalue weighted by Crippen LogP contribution is 2.29. The minimum absolute atomic E-state index is 0.0786. The second-order valence-corrected chi connectivity index (χ2v) is 9.84. The Morgan fingerprint density at radius 1 is 0.969 bits per heavy atom. The summed E-state index contributed by atoms with van der Waals surface area (Å²) >= 11 is 11.9. The van der Waals surface area contributed by atoms with Crippen LogP contribution in [-0.4, -0.2) is 27.1 Å². The van der Waals surface area contributed by atoms with Gasteiger partial charge in [0, 0.05) is 10.0 Å². The largest absolute Gasteiger partial charge is 0.271 e. The number of anilines is 1. The summed E-state index contributed by atoms with van der Waals surface area (Å²) in [5.41, 5.74) is 5.00. The van der Waals surface area contributed by atoms with Gasteiger partial charge in [0.15, 0.2) is 0 Å². The monoisotopic (exact) mass is 489 g/mol. The molecule has 0 aliphatic heterocycles. The van der Waals surface area contributed by atoms with Crippen LogP contribution in [0.2, 0.25) is 10.0 Å². The van der Waals surface area contributed by atoms with E-state index < -0.39 is 22.5 Å². The van der Waals surface area contributed by atoms with Gasteiger partial charge in [0.25, 0.3) is 15.9 Å². The van der Waals surface area contributed by atoms with E-state index >= 15 is 0 Å². The Kier molecular flexibility index (Phi) is 7.56. The average molecular weight is 490 g/mol. The van der Waals surface area contributed by atoms with Crippen molar-refractivity contribution in [3.05, 3.63) is 93.5 Å². The lowest BCUT2D eigenvalue weighted by molar-refractivity contribution is -0.119. The van der Waals surface area contributed by atoms with E-state index in [2.05, 4.69) is 10.5 Å². The van der Waals surface area contributed by atoms with Gasteiger partial charge in [0.1, 0.15) is 6.54 Å². The average Bonchev–Trinajstić information content (AvgIpc) is 2.74. The van der Waals surface area contributed by atoms with Crippen LogP contribution < -0.4 is 9.73 Å². The van der Waals surface area contributed by atoms with Crippen LogP contribution in [0.5, 0.6) is 0 Å². The van der Waals surface area contributed by atoms with Gasteiger partial charge in [0.2, 0.25) is 0 Å². The van der Waals surface area contributed by atoms with Crippen molar-refractivity contribution < 1.29 is 13.2 Å². The zero-order valence-electron chi connectivity index (χ0n) is 17.4. The van der Waals surface area contributed by atoms with E-state index in [1.165, 1.54) is 18.3 Å². The van der Waals surface area contributed by atoms with Crippen molar-refractivity contribution in [3.63, 3.8) is 0 Å². The summed E-state index contributed by atoms with van der Waals surface area (Å²) in [4.78, 5) is 12.7. The van der Waals surface area contributed by atoms with Crippen LogP contribution in [0.4, 0.5) is 5.69 Å². The minimum atomic E-state index is -4.02. The molecule has 0 heterocycles. The van der Waals surface area contributed by atoms with Crippen molar-refractivity contribution in [1.29, 1.82) is 0 Å². The Labute approximate surface area is 197 Å². The number of halogens is 2. The van der Waals surface area contributed by atoms with Gasteiger partial charge in [-0.2, -0.15) is 5.10 Å². The fraction of sp³-hybridized carbons (Fsp3) is 0.130. The number of hydrogen-bond acceptors (Lipinski definition) is 4. The molecule has 3 rings (SSSR count). The van der Waals surface area contributed by atoms with E-state index in [1.54, 1.807) is 61.5 Å². The second-order valence-electron chi connectivity index (χ2n) is 7.10. The number of carbonyl (C=O) groups excluding carboxylic acids is 1. The molecular formula is C23H21Cl2N3O3S. The van der Waals surface area contributed by atoms with Crippen molar-refractivity contribution >= 4 is 51.0 Å². The maximum absolute atomic E-state index is 13.4. The van der Waals surface area contributed by atoms with Gasteiger partial charge < -0.3 is 0 Å². The summed E-state index contributed by atoms with van der Waals surface area (Å²) in [6, 6.07) is 18.1. The molecule has 0 radical (unpaired) electrons. The number of carbonyl (C=O) groups is 1. The summed E-state index contributed by atoms with van der Waals surface area (Å²) in [5, 5.41) is 4.96. The molecule has 9 heteroatoms. The summed E-state index contributed by atoms with van der Waals surface area (Å²) in [7, 11) is -4.02. The van der Waals surface area contributed by atoms with Crippen molar-refractivity contribution in [2.45, 2.75) is 18.7 Å². The Hall–Kier alpha value is -2.87. The van der Waals surface area contributed by atoms with Gasteiger partial charge in [-0.05, 0) is 67.4 Å². The van der Waals surface area contributed by atoms with E-state index in [0.717, 1.165) is 15.4 Å². The zero-order chi connectivity index (χ0) is 23.3. The smallest absolute Gasteiger partial charge is 0.264 e.